The van der Waals surface area contributed by atoms with E-state index < -0.39 is 12.0 Å². The molecule has 2 amide bonds. The predicted molar refractivity (Wildman–Crippen MR) is 123 cm³/mol. The number of anilines is 2. The molecule has 0 bridgehead atoms. The number of aryl methyl sites for hydroxylation is 1. The summed E-state index contributed by atoms with van der Waals surface area (Å²) in [5, 5.41) is 11.0. The first-order valence-corrected chi connectivity index (χ1v) is 10.9. The molecular formula is C24H26N4O4. The Morgan fingerprint density at radius 1 is 1.12 bits per heavy atom. The first-order chi connectivity index (χ1) is 15.5. The standard InChI is InChI=1S/C24H26N4O4/c1-3-4-5-8-13-28-24(31)18-10-7-6-9-17(18)21(27-28)23(30)25-16-11-12-20-19(14-16)26-22(29)15(2)32-20/h6-7,9-12,14-15H,3-5,8,13H2,1-2H3,(H,25,30)(H,26,29)/t15-/m1/s1. The zero-order chi connectivity index (χ0) is 22.7. The van der Waals surface area contributed by atoms with Crippen molar-refractivity contribution in [3.63, 3.8) is 0 Å². The van der Waals surface area contributed by atoms with Crippen molar-refractivity contribution in [1.29, 1.82) is 0 Å². The first kappa shape index (κ1) is 21.5. The summed E-state index contributed by atoms with van der Waals surface area (Å²) in [6, 6.07) is 12.0. The Hall–Kier alpha value is -3.68. The summed E-state index contributed by atoms with van der Waals surface area (Å²) in [4.78, 5) is 37.9. The third-order valence-corrected chi connectivity index (χ3v) is 5.47. The van der Waals surface area contributed by atoms with Gasteiger partial charge in [-0.3, -0.25) is 14.4 Å². The average molecular weight is 434 g/mol. The maximum Gasteiger partial charge on any atom is 0.276 e. The summed E-state index contributed by atoms with van der Waals surface area (Å²) in [6.07, 6.45) is 3.44. The summed E-state index contributed by atoms with van der Waals surface area (Å²) < 4.78 is 6.94. The minimum Gasteiger partial charge on any atom is -0.479 e. The maximum absolute atomic E-state index is 13.1. The van der Waals surface area contributed by atoms with Crippen LogP contribution in [0.5, 0.6) is 5.75 Å². The zero-order valence-corrected chi connectivity index (χ0v) is 18.2. The second kappa shape index (κ2) is 9.21. The van der Waals surface area contributed by atoms with Crippen LogP contribution in [0.1, 0.15) is 50.0 Å². The molecule has 0 fully saturated rings. The monoisotopic (exact) mass is 434 g/mol. The molecule has 0 saturated heterocycles. The molecule has 8 nitrogen and oxygen atoms in total. The van der Waals surface area contributed by atoms with Gasteiger partial charge in [-0.05, 0) is 37.6 Å². The maximum atomic E-state index is 13.1. The fourth-order valence-corrected chi connectivity index (χ4v) is 3.72. The van der Waals surface area contributed by atoms with Gasteiger partial charge in [0, 0.05) is 17.6 Å². The van der Waals surface area contributed by atoms with Gasteiger partial charge in [-0.15, -0.1) is 0 Å². The van der Waals surface area contributed by atoms with Gasteiger partial charge in [0.05, 0.1) is 11.1 Å². The van der Waals surface area contributed by atoms with E-state index >= 15 is 0 Å². The van der Waals surface area contributed by atoms with Crippen LogP contribution in [0.3, 0.4) is 0 Å². The van der Waals surface area contributed by atoms with Gasteiger partial charge < -0.3 is 15.4 Å². The third kappa shape index (κ3) is 4.34. The summed E-state index contributed by atoms with van der Waals surface area (Å²) in [6.45, 7) is 4.26. The summed E-state index contributed by atoms with van der Waals surface area (Å²) in [5.41, 5.74) is 0.960. The number of aromatic nitrogens is 2. The molecule has 0 radical (unpaired) electrons. The summed E-state index contributed by atoms with van der Waals surface area (Å²) in [5.74, 6) is -0.136. The lowest BCUT2D eigenvalue weighted by molar-refractivity contribution is -0.122. The van der Waals surface area contributed by atoms with Crippen molar-refractivity contribution in [3.05, 3.63) is 58.5 Å². The van der Waals surface area contributed by atoms with E-state index in [1.54, 1.807) is 49.4 Å². The van der Waals surface area contributed by atoms with E-state index in [-0.39, 0.29) is 17.2 Å². The van der Waals surface area contributed by atoms with Crippen LogP contribution in [0.25, 0.3) is 10.8 Å². The van der Waals surface area contributed by atoms with Gasteiger partial charge in [-0.25, -0.2) is 4.68 Å². The SMILES string of the molecule is CCCCCCn1nc(C(=O)Nc2ccc3c(c2)NC(=O)[C@@H](C)O3)c2ccccc2c1=O. The molecule has 1 aliphatic rings. The topological polar surface area (TPSA) is 102 Å². The molecule has 166 valence electrons. The minimum atomic E-state index is -0.572. The molecule has 3 aromatic rings. The molecule has 2 N–H and O–H groups in total. The van der Waals surface area contributed by atoms with Crippen LogP contribution in [0.4, 0.5) is 11.4 Å². The van der Waals surface area contributed by atoms with Crippen molar-refractivity contribution in [2.24, 2.45) is 0 Å². The number of fused-ring (bicyclic) bond motifs is 2. The molecule has 2 heterocycles. The third-order valence-electron chi connectivity index (χ3n) is 5.47. The number of carbonyl (C=O) groups excluding carboxylic acids is 2. The molecule has 1 aromatic heterocycles. The fraction of sp³-hybridized carbons (Fsp3) is 0.333. The van der Waals surface area contributed by atoms with Gasteiger partial charge >= 0.3 is 0 Å². The van der Waals surface area contributed by atoms with E-state index in [4.69, 9.17) is 4.74 Å². The highest BCUT2D eigenvalue weighted by molar-refractivity contribution is 6.11. The molecule has 0 aliphatic carbocycles. The smallest absolute Gasteiger partial charge is 0.276 e. The first-order valence-electron chi connectivity index (χ1n) is 10.9. The number of unbranched alkanes of at least 4 members (excludes halogenated alkanes) is 3. The van der Waals surface area contributed by atoms with Crippen molar-refractivity contribution in [3.8, 4) is 5.75 Å². The van der Waals surface area contributed by atoms with Gasteiger partial charge in [-0.2, -0.15) is 5.10 Å². The highest BCUT2D eigenvalue weighted by atomic mass is 16.5. The van der Waals surface area contributed by atoms with Crippen LogP contribution in [0.2, 0.25) is 0 Å². The minimum absolute atomic E-state index is 0.183. The summed E-state index contributed by atoms with van der Waals surface area (Å²) in [7, 11) is 0. The van der Waals surface area contributed by atoms with Gasteiger partial charge in [0.2, 0.25) is 0 Å². The van der Waals surface area contributed by atoms with E-state index in [1.807, 2.05) is 0 Å². The Morgan fingerprint density at radius 2 is 1.91 bits per heavy atom. The number of hydrogen-bond acceptors (Lipinski definition) is 5. The lowest BCUT2D eigenvalue weighted by Gasteiger charge is -2.23. The molecule has 1 atom stereocenters. The van der Waals surface area contributed by atoms with Gasteiger partial charge in [0.25, 0.3) is 17.4 Å². The quantitative estimate of drug-likeness (QED) is 0.548. The van der Waals surface area contributed by atoms with Crippen LogP contribution >= 0.6 is 0 Å². The van der Waals surface area contributed by atoms with E-state index in [9.17, 15) is 14.4 Å². The van der Waals surface area contributed by atoms with Crippen molar-refractivity contribution < 1.29 is 14.3 Å². The van der Waals surface area contributed by atoms with Crippen LogP contribution in [-0.2, 0) is 11.3 Å². The van der Waals surface area contributed by atoms with E-state index in [2.05, 4.69) is 22.7 Å². The summed E-state index contributed by atoms with van der Waals surface area (Å²) >= 11 is 0. The van der Waals surface area contributed by atoms with Crippen molar-refractivity contribution in [2.75, 3.05) is 10.6 Å². The number of ether oxygens (including phenoxy) is 1. The van der Waals surface area contributed by atoms with Crippen molar-refractivity contribution in [1.82, 2.24) is 9.78 Å². The lowest BCUT2D eigenvalue weighted by atomic mass is 10.1. The van der Waals surface area contributed by atoms with E-state index in [1.165, 1.54) is 4.68 Å². The van der Waals surface area contributed by atoms with E-state index in [0.717, 1.165) is 25.7 Å². The van der Waals surface area contributed by atoms with Crippen LogP contribution < -0.4 is 20.9 Å². The van der Waals surface area contributed by atoms with Gasteiger partial charge in [0.15, 0.2) is 11.8 Å². The van der Waals surface area contributed by atoms with Crippen molar-refractivity contribution >= 4 is 34.0 Å². The molecule has 0 unspecified atom stereocenters. The molecule has 8 heteroatoms. The van der Waals surface area contributed by atoms with Gasteiger partial charge in [0.1, 0.15) is 5.75 Å². The van der Waals surface area contributed by atoms with Crippen LogP contribution in [0.15, 0.2) is 47.3 Å². The number of amides is 2. The van der Waals surface area contributed by atoms with Crippen LogP contribution in [-0.4, -0.2) is 27.7 Å². The number of hydrogen-bond donors (Lipinski definition) is 2. The normalized spacial score (nSPS) is 15.1. The van der Waals surface area contributed by atoms with Crippen LogP contribution in [0, 0.1) is 0 Å². The Labute approximate surface area is 185 Å². The highest BCUT2D eigenvalue weighted by Gasteiger charge is 2.24. The predicted octanol–water partition coefficient (Wildman–Crippen LogP) is 3.95. The molecular weight excluding hydrogens is 408 g/mol. The van der Waals surface area contributed by atoms with Crippen molar-refractivity contribution in [2.45, 2.75) is 52.2 Å². The Balaban J connectivity index is 1.63. The fourth-order valence-electron chi connectivity index (χ4n) is 3.72. The highest BCUT2D eigenvalue weighted by Crippen LogP contribution is 2.32. The molecule has 0 saturated carbocycles. The zero-order valence-electron chi connectivity index (χ0n) is 18.2. The number of benzene rings is 2. The molecule has 32 heavy (non-hydrogen) atoms. The number of nitrogens with one attached hydrogen (secondary N) is 2. The number of nitrogens with zero attached hydrogens (tertiary/aromatic N) is 2. The second-order valence-electron chi connectivity index (χ2n) is 7.90. The molecule has 0 spiro atoms. The lowest BCUT2D eigenvalue weighted by Crippen LogP contribution is -2.34. The molecule has 2 aromatic carbocycles. The van der Waals surface area contributed by atoms with Gasteiger partial charge in [-0.1, -0.05) is 44.4 Å². The Morgan fingerprint density at radius 3 is 2.69 bits per heavy atom. The van der Waals surface area contributed by atoms with E-state index in [0.29, 0.717) is 34.4 Å². The second-order valence-corrected chi connectivity index (χ2v) is 7.90. The number of rotatable bonds is 7. The Kier molecular flexibility index (Phi) is 6.20. The number of carbonyl (C=O) groups is 2. The largest absolute Gasteiger partial charge is 0.479 e. The average Bonchev–Trinajstić information content (AvgIpc) is 2.79. The molecule has 4 rings (SSSR count). The molecule has 1 aliphatic heterocycles. The Bertz CT molecular complexity index is 1230.